The van der Waals surface area contributed by atoms with Crippen molar-refractivity contribution in [1.29, 1.82) is 0 Å². The molecule has 8 rings (SSSR count). The molecule has 4 aromatic carbocycles. The van der Waals surface area contributed by atoms with Crippen molar-refractivity contribution in [3.8, 4) is 22.5 Å². The minimum Gasteiger partial charge on any atom is -0.362 e. The molecular weight excluding hydrogens is 432 g/mol. The molecule has 2 unspecified atom stereocenters. The first kappa shape index (κ1) is 19.7. The highest BCUT2D eigenvalue weighted by molar-refractivity contribution is 6.02. The number of rotatable bonds is 1. The number of methoxy groups -OCH3 is 1. The molecule has 4 heteroatoms. The van der Waals surface area contributed by atoms with Gasteiger partial charge in [0.25, 0.3) is 6.33 Å². The van der Waals surface area contributed by atoms with Crippen LogP contribution in [0.4, 0.5) is 0 Å². The van der Waals surface area contributed by atoms with Crippen molar-refractivity contribution in [2.75, 3.05) is 7.11 Å². The van der Waals surface area contributed by atoms with Gasteiger partial charge >= 0.3 is 0 Å². The summed E-state index contributed by atoms with van der Waals surface area (Å²) in [6.07, 6.45) is 1.92. The number of ether oxygens (including phenoxy) is 1. The summed E-state index contributed by atoms with van der Waals surface area (Å²) in [6.45, 7) is 4.64. The number of hydrogen-bond acceptors (Lipinski definition) is 3. The molecular formula is C31H25N2O2+. The van der Waals surface area contributed by atoms with E-state index in [-0.39, 0.29) is 17.4 Å². The molecule has 170 valence electrons. The lowest BCUT2D eigenvalue weighted by Crippen LogP contribution is -2.43. The Morgan fingerprint density at radius 2 is 1.54 bits per heavy atom. The van der Waals surface area contributed by atoms with Crippen molar-refractivity contribution < 1.29 is 14.4 Å². The molecule has 1 N–H and O–H groups in total. The highest BCUT2D eigenvalue weighted by Crippen LogP contribution is 2.65. The Bertz CT molecular complexity index is 1760. The van der Waals surface area contributed by atoms with Crippen LogP contribution in [0.2, 0.25) is 0 Å². The third-order valence-electron chi connectivity index (χ3n) is 8.71. The van der Waals surface area contributed by atoms with Crippen molar-refractivity contribution in [2.24, 2.45) is 0 Å². The number of nitrogens with zero attached hydrogens (tertiary/aromatic N) is 2. The van der Waals surface area contributed by atoms with Gasteiger partial charge < -0.3 is 9.84 Å². The maximum atomic E-state index is 11.5. The average Bonchev–Trinajstić information content (AvgIpc) is 3.44. The molecule has 0 amide bonds. The van der Waals surface area contributed by atoms with Gasteiger partial charge in [-0.15, -0.1) is 0 Å². The zero-order chi connectivity index (χ0) is 23.7. The van der Waals surface area contributed by atoms with E-state index in [4.69, 9.17) is 9.72 Å². The monoisotopic (exact) mass is 457 g/mol. The van der Waals surface area contributed by atoms with E-state index in [1.54, 1.807) is 7.11 Å². The van der Waals surface area contributed by atoms with Crippen LogP contribution in [-0.4, -0.2) is 23.0 Å². The van der Waals surface area contributed by atoms with E-state index in [1.807, 2.05) is 6.33 Å². The van der Waals surface area contributed by atoms with Crippen molar-refractivity contribution in [3.63, 3.8) is 0 Å². The third kappa shape index (κ3) is 2.17. The highest BCUT2D eigenvalue weighted by atomic mass is 16.6. The van der Waals surface area contributed by atoms with E-state index in [0.717, 1.165) is 17.0 Å². The normalized spacial score (nSPS) is 24.5. The first-order chi connectivity index (χ1) is 17.0. The van der Waals surface area contributed by atoms with E-state index >= 15 is 0 Å². The lowest BCUT2D eigenvalue weighted by molar-refractivity contribution is -0.705. The third-order valence-corrected chi connectivity index (χ3v) is 8.71. The summed E-state index contributed by atoms with van der Waals surface area (Å²) in [6, 6.07) is 25.8. The molecule has 1 aromatic heterocycles. The lowest BCUT2D eigenvalue weighted by Gasteiger charge is -2.26. The van der Waals surface area contributed by atoms with Crippen molar-refractivity contribution in [2.45, 2.75) is 37.0 Å². The number of fused-ring (bicyclic) bond motifs is 14. The molecule has 0 saturated heterocycles. The van der Waals surface area contributed by atoms with E-state index in [2.05, 4.69) is 91.2 Å². The molecule has 2 aliphatic carbocycles. The SMILES string of the molecule is CO[C@]1(O)C2c3ccc4ccccc4c3-c3c4c(nc[n+]3C21)-c1ccc2ccccc2c1C4(C)C. The minimum atomic E-state index is -1.23. The van der Waals surface area contributed by atoms with E-state index in [0.29, 0.717) is 0 Å². The summed E-state index contributed by atoms with van der Waals surface area (Å²) in [4.78, 5) is 5.04. The van der Waals surface area contributed by atoms with Gasteiger partial charge in [-0.1, -0.05) is 80.6 Å². The van der Waals surface area contributed by atoms with Gasteiger partial charge in [0.2, 0.25) is 5.79 Å². The van der Waals surface area contributed by atoms with Crippen LogP contribution in [0.1, 0.15) is 42.5 Å². The van der Waals surface area contributed by atoms with Crippen LogP contribution in [0.5, 0.6) is 0 Å². The highest BCUT2D eigenvalue weighted by Gasteiger charge is 2.74. The number of aromatic nitrogens is 2. The molecule has 3 aliphatic rings. The fourth-order valence-electron chi connectivity index (χ4n) is 7.16. The number of benzene rings is 4. The first-order valence-electron chi connectivity index (χ1n) is 12.2. The Labute approximate surface area is 203 Å². The molecule has 0 bridgehead atoms. The smallest absolute Gasteiger partial charge is 0.287 e. The molecule has 2 heterocycles. The quantitative estimate of drug-likeness (QED) is 0.262. The Kier molecular flexibility index (Phi) is 3.45. The van der Waals surface area contributed by atoms with Crippen LogP contribution in [0.3, 0.4) is 0 Å². The fourth-order valence-corrected chi connectivity index (χ4v) is 7.16. The first-order valence-corrected chi connectivity index (χ1v) is 12.2. The topological polar surface area (TPSA) is 46.2 Å². The Morgan fingerprint density at radius 3 is 2.31 bits per heavy atom. The van der Waals surface area contributed by atoms with Gasteiger partial charge in [0.05, 0.1) is 11.5 Å². The van der Waals surface area contributed by atoms with Crippen LogP contribution in [-0.2, 0) is 10.2 Å². The van der Waals surface area contributed by atoms with Crippen LogP contribution in [0.25, 0.3) is 44.1 Å². The fraction of sp³-hybridized carbons (Fsp3) is 0.226. The van der Waals surface area contributed by atoms with Crippen molar-refractivity contribution >= 4 is 21.5 Å². The molecule has 5 aromatic rings. The summed E-state index contributed by atoms with van der Waals surface area (Å²) in [5, 5.41) is 16.4. The molecule has 1 aliphatic heterocycles. The average molecular weight is 458 g/mol. The molecule has 3 atom stereocenters. The van der Waals surface area contributed by atoms with Gasteiger partial charge in [-0.25, -0.2) is 4.57 Å². The maximum Gasteiger partial charge on any atom is 0.287 e. The predicted octanol–water partition coefficient (Wildman–Crippen LogP) is 5.64. The van der Waals surface area contributed by atoms with Crippen LogP contribution >= 0.6 is 0 Å². The summed E-state index contributed by atoms with van der Waals surface area (Å²) >= 11 is 0. The Balaban J connectivity index is 1.53. The number of aliphatic hydroxyl groups is 1. The summed E-state index contributed by atoms with van der Waals surface area (Å²) in [5.41, 5.74) is 8.04. The summed E-state index contributed by atoms with van der Waals surface area (Å²) in [5.74, 6) is -1.34. The molecule has 0 radical (unpaired) electrons. The predicted molar refractivity (Wildman–Crippen MR) is 136 cm³/mol. The minimum absolute atomic E-state index is 0.114. The molecule has 0 spiro atoms. The zero-order valence-electron chi connectivity index (χ0n) is 19.9. The summed E-state index contributed by atoms with van der Waals surface area (Å²) < 4.78 is 7.91. The number of hydrogen-bond donors (Lipinski definition) is 1. The Morgan fingerprint density at radius 1 is 0.857 bits per heavy atom. The van der Waals surface area contributed by atoms with Gasteiger partial charge in [0.15, 0.2) is 11.7 Å². The van der Waals surface area contributed by atoms with E-state index in [1.165, 1.54) is 43.8 Å². The molecule has 4 nitrogen and oxygen atoms in total. The van der Waals surface area contributed by atoms with Gasteiger partial charge in [-0.2, -0.15) is 0 Å². The lowest BCUT2D eigenvalue weighted by atomic mass is 9.77. The second-order valence-corrected chi connectivity index (χ2v) is 10.7. The van der Waals surface area contributed by atoms with Crippen LogP contribution in [0, 0.1) is 0 Å². The van der Waals surface area contributed by atoms with Crippen molar-refractivity contribution in [1.82, 2.24) is 4.98 Å². The van der Waals surface area contributed by atoms with Gasteiger partial charge in [0.1, 0.15) is 5.69 Å². The Hall–Kier alpha value is -3.60. The van der Waals surface area contributed by atoms with Crippen molar-refractivity contribution in [3.05, 3.63) is 95.8 Å². The molecule has 1 fully saturated rings. The largest absolute Gasteiger partial charge is 0.362 e. The summed E-state index contributed by atoms with van der Waals surface area (Å²) in [7, 11) is 1.60. The van der Waals surface area contributed by atoms with E-state index < -0.39 is 5.79 Å². The maximum absolute atomic E-state index is 11.5. The molecule has 1 saturated carbocycles. The van der Waals surface area contributed by atoms with Gasteiger partial charge in [0, 0.05) is 23.7 Å². The second kappa shape index (κ2) is 6.14. The zero-order valence-corrected chi connectivity index (χ0v) is 19.9. The standard InChI is InChI=1S/C31H25N2O2/c1-30(2)24-20-11-7-5-9-18(20)13-15-22(24)27-26(30)28-23-19-10-6-4-8-17(19)12-14-21(23)25-29(31(25,34)35-3)33(28)16-32-27/h4-16,25,29,34H,1-3H3/q+1/t25?,29?,31-/m1/s1. The van der Waals surface area contributed by atoms with Crippen LogP contribution in [0.15, 0.2) is 79.1 Å². The van der Waals surface area contributed by atoms with Crippen LogP contribution < -0.4 is 4.57 Å². The van der Waals surface area contributed by atoms with Gasteiger partial charge in [-0.3, -0.25) is 0 Å². The van der Waals surface area contributed by atoms with E-state index in [9.17, 15) is 5.11 Å². The van der Waals surface area contributed by atoms with Gasteiger partial charge in [-0.05, 0) is 43.7 Å². The molecule has 35 heavy (non-hydrogen) atoms. The second-order valence-electron chi connectivity index (χ2n) is 10.7.